The Morgan fingerprint density at radius 1 is 1.31 bits per heavy atom. The fraction of sp³-hybridized carbons (Fsp3) is 0.200. The highest BCUT2D eigenvalue weighted by atomic mass is 79.9. The Kier molecular flexibility index (Phi) is 4.95. The quantitative estimate of drug-likeness (QED) is 0.333. The minimum Gasteiger partial charge on any atom is -0.173 e. The maximum Gasteiger partial charge on any atom is 0.270 e. The molecule has 0 unspecified atom stereocenters. The molecule has 0 aliphatic rings. The standard InChI is InChI=1S/C10H8BrF2N3/c11-6-8(10(12)13)5-7-1-3-9(4-2-7)15-16-14/h1-4H,5-6H2. The van der Waals surface area contributed by atoms with E-state index in [1.807, 2.05) is 0 Å². The molecular formula is C10H8BrF2N3. The number of rotatable bonds is 4. The second-order valence-corrected chi connectivity index (χ2v) is 3.59. The smallest absolute Gasteiger partial charge is 0.173 e. The number of alkyl halides is 1. The molecule has 0 aromatic heterocycles. The molecule has 1 aromatic carbocycles. The van der Waals surface area contributed by atoms with Gasteiger partial charge in [-0.3, -0.25) is 0 Å². The number of nitrogens with zero attached hydrogens (tertiary/aromatic N) is 3. The van der Waals surface area contributed by atoms with Crippen molar-refractivity contribution in [3.63, 3.8) is 0 Å². The van der Waals surface area contributed by atoms with Crippen LogP contribution in [0.3, 0.4) is 0 Å². The molecule has 0 aliphatic carbocycles. The highest BCUT2D eigenvalue weighted by molar-refractivity contribution is 9.09. The second-order valence-electron chi connectivity index (χ2n) is 3.03. The summed E-state index contributed by atoms with van der Waals surface area (Å²) in [5.41, 5.74) is 9.46. The van der Waals surface area contributed by atoms with Gasteiger partial charge in [0.05, 0.1) is 0 Å². The van der Waals surface area contributed by atoms with Gasteiger partial charge in [0.15, 0.2) is 0 Å². The van der Waals surface area contributed by atoms with Crippen LogP contribution in [0.15, 0.2) is 41.0 Å². The molecule has 0 radical (unpaired) electrons. The SMILES string of the molecule is [N-]=[N+]=Nc1ccc(CC(CBr)=C(F)F)cc1. The van der Waals surface area contributed by atoms with Crippen LogP contribution in [0.2, 0.25) is 0 Å². The highest BCUT2D eigenvalue weighted by Crippen LogP contribution is 2.19. The fourth-order valence-corrected chi connectivity index (χ4v) is 1.55. The molecule has 0 saturated heterocycles. The number of halogens is 3. The zero-order chi connectivity index (χ0) is 12.0. The molecule has 0 spiro atoms. The van der Waals surface area contributed by atoms with Crippen LogP contribution in [0.5, 0.6) is 0 Å². The Bertz CT molecular complexity index is 432. The molecule has 0 aliphatic heterocycles. The van der Waals surface area contributed by atoms with Gasteiger partial charge >= 0.3 is 0 Å². The summed E-state index contributed by atoms with van der Waals surface area (Å²) in [4.78, 5) is 2.63. The Labute approximate surface area is 99.5 Å². The molecule has 0 bridgehead atoms. The van der Waals surface area contributed by atoms with Crippen molar-refractivity contribution in [1.82, 2.24) is 0 Å². The first-order valence-corrected chi connectivity index (χ1v) is 5.52. The first kappa shape index (κ1) is 12.7. The summed E-state index contributed by atoms with van der Waals surface area (Å²) < 4.78 is 24.7. The molecule has 0 atom stereocenters. The van der Waals surface area contributed by atoms with Crippen LogP contribution in [0.4, 0.5) is 14.5 Å². The van der Waals surface area contributed by atoms with E-state index in [2.05, 4.69) is 26.0 Å². The number of azide groups is 1. The van der Waals surface area contributed by atoms with E-state index in [4.69, 9.17) is 5.53 Å². The molecule has 1 aromatic rings. The number of hydrogen-bond acceptors (Lipinski definition) is 1. The van der Waals surface area contributed by atoms with Crippen molar-refractivity contribution in [3.8, 4) is 0 Å². The second kappa shape index (κ2) is 6.25. The minimum absolute atomic E-state index is 0.0523. The van der Waals surface area contributed by atoms with Gasteiger partial charge in [0.25, 0.3) is 6.08 Å². The lowest BCUT2D eigenvalue weighted by Crippen LogP contribution is -1.93. The maximum absolute atomic E-state index is 12.4. The van der Waals surface area contributed by atoms with Crippen molar-refractivity contribution in [2.24, 2.45) is 5.11 Å². The van der Waals surface area contributed by atoms with Crippen molar-refractivity contribution in [2.45, 2.75) is 6.42 Å². The maximum atomic E-state index is 12.4. The Morgan fingerprint density at radius 3 is 2.38 bits per heavy atom. The molecule has 0 amide bonds. The third kappa shape index (κ3) is 3.64. The third-order valence-electron chi connectivity index (χ3n) is 1.94. The molecule has 3 nitrogen and oxygen atoms in total. The van der Waals surface area contributed by atoms with Crippen LogP contribution in [0.1, 0.15) is 5.56 Å². The lowest BCUT2D eigenvalue weighted by atomic mass is 10.1. The van der Waals surface area contributed by atoms with E-state index in [0.29, 0.717) is 5.69 Å². The summed E-state index contributed by atoms with van der Waals surface area (Å²) in [6.07, 6.45) is -1.47. The van der Waals surface area contributed by atoms with Gasteiger partial charge in [0.1, 0.15) is 0 Å². The highest BCUT2D eigenvalue weighted by Gasteiger charge is 2.05. The summed E-state index contributed by atoms with van der Waals surface area (Å²) in [5.74, 6) is 0. The molecule has 84 valence electrons. The van der Waals surface area contributed by atoms with Crippen molar-refractivity contribution >= 4 is 21.6 Å². The first-order valence-electron chi connectivity index (χ1n) is 4.40. The van der Waals surface area contributed by atoms with Gasteiger partial charge < -0.3 is 0 Å². The van der Waals surface area contributed by atoms with Gasteiger partial charge in [-0.2, -0.15) is 8.78 Å². The van der Waals surface area contributed by atoms with Crippen molar-refractivity contribution in [2.75, 3.05) is 5.33 Å². The largest absolute Gasteiger partial charge is 0.270 e. The van der Waals surface area contributed by atoms with E-state index in [9.17, 15) is 8.78 Å². The summed E-state index contributed by atoms with van der Waals surface area (Å²) in [6.45, 7) is 0. The topological polar surface area (TPSA) is 48.8 Å². The van der Waals surface area contributed by atoms with E-state index in [1.54, 1.807) is 24.3 Å². The summed E-state index contributed by atoms with van der Waals surface area (Å²) in [7, 11) is 0. The van der Waals surface area contributed by atoms with E-state index in [1.165, 1.54) is 0 Å². The van der Waals surface area contributed by atoms with Crippen LogP contribution in [-0.2, 0) is 6.42 Å². The predicted octanol–water partition coefficient (Wildman–Crippen LogP) is 4.72. The minimum atomic E-state index is -1.66. The Hall–Kier alpha value is -1.39. The fourth-order valence-electron chi connectivity index (χ4n) is 1.14. The van der Waals surface area contributed by atoms with Gasteiger partial charge in [-0.25, -0.2) is 0 Å². The lowest BCUT2D eigenvalue weighted by Gasteiger charge is -2.03. The third-order valence-corrected chi connectivity index (χ3v) is 2.62. The van der Waals surface area contributed by atoms with Gasteiger partial charge in [-0.1, -0.05) is 45.3 Å². The van der Waals surface area contributed by atoms with Crippen LogP contribution in [0, 0.1) is 0 Å². The number of hydrogen-bond donors (Lipinski definition) is 0. The molecule has 0 N–H and O–H groups in total. The monoisotopic (exact) mass is 287 g/mol. The lowest BCUT2D eigenvalue weighted by molar-refractivity contribution is 0.410. The van der Waals surface area contributed by atoms with Gasteiger partial charge in [0, 0.05) is 21.5 Å². The average molecular weight is 288 g/mol. The van der Waals surface area contributed by atoms with E-state index in [-0.39, 0.29) is 17.3 Å². The van der Waals surface area contributed by atoms with Crippen molar-refractivity contribution in [1.29, 1.82) is 0 Å². The summed E-state index contributed by atoms with van der Waals surface area (Å²) in [5, 5.41) is 3.54. The summed E-state index contributed by atoms with van der Waals surface area (Å²) >= 11 is 3.01. The number of benzene rings is 1. The van der Waals surface area contributed by atoms with Crippen LogP contribution < -0.4 is 0 Å². The molecule has 6 heteroatoms. The van der Waals surface area contributed by atoms with Gasteiger partial charge in [-0.15, -0.1) is 0 Å². The zero-order valence-corrected chi connectivity index (χ0v) is 9.79. The number of allylic oxidation sites excluding steroid dienone is 1. The molecule has 0 heterocycles. The van der Waals surface area contributed by atoms with Gasteiger partial charge in [0.2, 0.25) is 0 Å². The first-order chi connectivity index (χ1) is 7.67. The normalized spacial score (nSPS) is 9.44. The molecule has 0 fully saturated rings. The van der Waals surface area contributed by atoms with Crippen LogP contribution in [-0.4, -0.2) is 5.33 Å². The van der Waals surface area contributed by atoms with E-state index < -0.39 is 6.08 Å². The average Bonchev–Trinajstić information content (AvgIpc) is 2.28. The van der Waals surface area contributed by atoms with E-state index in [0.717, 1.165) is 5.56 Å². The van der Waals surface area contributed by atoms with Crippen molar-refractivity contribution in [3.05, 3.63) is 51.9 Å². The Balaban J connectivity index is 2.83. The molecule has 1 rings (SSSR count). The van der Waals surface area contributed by atoms with Crippen molar-refractivity contribution < 1.29 is 8.78 Å². The Morgan fingerprint density at radius 2 is 1.94 bits per heavy atom. The van der Waals surface area contributed by atoms with Gasteiger partial charge in [-0.05, 0) is 17.5 Å². The summed E-state index contributed by atoms with van der Waals surface area (Å²) in [6, 6.07) is 6.51. The molecule has 16 heavy (non-hydrogen) atoms. The zero-order valence-electron chi connectivity index (χ0n) is 8.20. The molecular weight excluding hydrogens is 280 g/mol. The van der Waals surface area contributed by atoms with Crippen LogP contribution >= 0.6 is 15.9 Å². The van der Waals surface area contributed by atoms with E-state index >= 15 is 0 Å². The predicted molar refractivity (Wildman–Crippen MR) is 62.0 cm³/mol. The van der Waals surface area contributed by atoms with Crippen LogP contribution in [0.25, 0.3) is 10.4 Å². The molecule has 0 saturated carbocycles.